The highest BCUT2D eigenvalue weighted by Gasteiger charge is 2.43. The van der Waals surface area contributed by atoms with Crippen molar-refractivity contribution in [1.29, 1.82) is 0 Å². The molecule has 0 saturated heterocycles. The van der Waals surface area contributed by atoms with Crippen LogP contribution in [0.4, 0.5) is 0 Å². The van der Waals surface area contributed by atoms with Gasteiger partial charge in [-0.25, -0.2) is 0 Å². The molecule has 1 rings (SSSR count). The second-order valence-electron chi connectivity index (χ2n) is 4.12. The summed E-state index contributed by atoms with van der Waals surface area (Å²) >= 11 is 1.69. The van der Waals surface area contributed by atoms with Crippen LogP contribution in [0.3, 0.4) is 0 Å². The molecule has 88 valence electrons. The van der Waals surface area contributed by atoms with Crippen LogP contribution in [0.1, 0.15) is 25.7 Å². The summed E-state index contributed by atoms with van der Waals surface area (Å²) < 4.78 is 0. The van der Waals surface area contributed by atoms with Crippen molar-refractivity contribution < 1.29 is 9.90 Å². The Bertz CT molecular complexity index is 225. The van der Waals surface area contributed by atoms with Crippen molar-refractivity contribution in [3.8, 4) is 0 Å². The second-order valence-corrected chi connectivity index (χ2v) is 5.34. The van der Waals surface area contributed by atoms with Gasteiger partial charge in [-0.05, 0) is 30.9 Å². The van der Waals surface area contributed by atoms with Gasteiger partial charge >= 0.3 is 0 Å². The monoisotopic (exact) mass is 232 g/mol. The van der Waals surface area contributed by atoms with Crippen LogP contribution in [-0.4, -0.2) is 34.7 Å². The third-order valence-electron chi connectivity index (χ3n) is 3.18. The van der Waals surface area contributed by atoms with Crippen LogP contribution in [0.25, 0.3) is 0 Å². The molecule has 1 amide bonds. The third-order valence-corrected chi connectivity index (χ3v) is 4.17. The van der Waals surface area contributed by atoms with E-state index >= 15 is 0 Å². The summed E-state index contributed by atoms with van der Waals surface area (Å²) in [4.78, 5) is 11.3. The van der Waals surface area contributed by atoms with Crippen molar-refractivity contribution in [3.05, 3.63) is 0 Å². The summed E-state index contributed by atoms with van der Waals surface area (Å²) in [6.45, 7) is 0.207. The average molecular weight is 232 g/mol. The van der Waals surface area contributed by atoms with E-state index in [0.717, 1.165) is 37.2 Å². The zero-order valence-electron chi connectivity index (χ0n) is 8.95. The van der Waals surface area contributed by atoms with Crippen LogP contribution in [0.5, 0.6) is 0 Å². The molecular weight excluding hydrogens is 212 g/mol. The molecular formula is C10H20N2O2S. The molecule has 0 aliphatic heterocycles. The summed E-state index contributed by atoms with van der Waals surface area (Å²) in [5.41, 5.74) is 10.6. The lowest BCUT2D eigenvalue weighted by Gasteiger charge is -2.27. The first-order chi connectivity index (χ1) is 7.11. The van der Waals surface area contributed by atoms with Gasteiger partial charge in [0.15, 0.2) is 0 Å². The predicted octanol–water partition coefficient (Wildman–Crippen LogP) is 0.0849. The number of aliphatic hydroxyl groups is 1. The SMILES string of the molecule is NC(=O)C1(N)CCCC1CCSCCO. The molecule has 0 spiro atoms. The van der Waals surface area contributed by atoms with E-state index in [1.54, 1.807) is 11.8 Å². The molecule has 1 aliphatic rings. The smallest absolute Gasteiger partial charge is 0.237 e. The Morgan fingerprint density at radius 3 is 2.87 bits per heavy atom. The minimum atomic E-state index is -0.778. The molecule has 0 radical (unpaired) electrons. The lowest BCUT2D eigenvalue weighted by molar-refractivity contribution is -0.124. The van der Waals surface area contributed by atoms with Crippen LogP contribution in [0, 0.1) is 5.92 Å². The summed E-state index contributed by atoms with van der Waals surface area (Å²) in [6, 6.07) is 0. The van der Waals surface area contributed by atoms with Crippen molar-refractivity contribution in [3.63, 3.8) is 0 Å². The van der Waals surface area contributed by atoms with E-state index in [4.69, 9.17) is 16.6 Å². The van der Waals surface area contributed by atoms with E-state index in [0.29, 0.717) is 0 Å². The molecule has 1 saturated carbocycles. The topological polar surface area (TPSA) is 89.3 Å². The highest BCUT2D eigenvalue weighted by molar-refractivity contribution is 7.99. The van der Waals surface area contributed by atoms with Gasteiger partial charge in [0.2, 0.25) is 5.91 Å². The summed E-state index contributed by atoms with van der Waals surface area (Å²) in [5, 5.41) is 8.63. The minimum absolute atomic E-state index is 0.207. The van der Waals surface area contributed by atoms with E-state index in [2.05, 4.69) is 0 Å². The molecule has 0 aromatic rings. The van der Waals surface area contributed by atoms with Gasteiger partial charge in [-0.15, -0.1) is 0 Å². The molecule has 2 unspecified atom stereocenters. The zero-order chi connectivity index (χ0) is 11.3. The molecule has 5 N–H and O–H groups in total. The standard InChI is InChI=1S/C10H20N2O2S/c11-9(14)10(12)4-1-2-8(10)3-6-15-7-5-13/h8,13H,1-7,12H2,(H2,11,14). The Morgan fingerprint density at radius 2 is 2.27 bits per heavy atom. The van der Waals surface area contributed by atoms with Crippen molar-refractivity contribution in [2.45, 2.75) is 31.2 Å². The number of carbonyl (C=O) groups is 1. The maximum Gasteiger partial charge on any atom is 0.237 e. The van der Waals surface area contributed by atoms with Crippen LogP contribution in [0.2, 0.25) is 0 Å². The average Bonchev–Trinajstić information content (AvgIpc) is 2.56. The Hall–Kier alpha value is -0.260. The molecule has 4 nitrogen and oxygen atoms in total. The highest BCUT2D eigenvalue weighted by Crippen LogP contribution is 2.36. The van der Waals surface area contributed by atoms with Gasteiger partial charge < -0.3 is 16.6 Å². The quantitative estimate of drug-likeness (QED) is 0.566. The molecule has 0 heterocycles. The molecule has 0 aromatic carbocycles. The van der Waals surface area contributed by atoms with Crippen molar-refractivity contribution in [1.82, 2.24) is 0 Å². The van der Waals surface area contributed by atoms with Crippen LogP contribution >= 0.6 is 11.8 Å². The van der Waals surface area contributed by atoms with E-state index in [1.165, 1.54) is 0 Å². The van der Waals surface area contributed by atoms with Crippen molar-refractivity contribution >= 4 is 17.7 Å². The summed E-state index contributed by atoms with van der Waals surface area (Å²) in [7, 11) is 0. The zero-order valence-corrected chi connectivity index (χ0v) is 9.76. The molecule has 5 heteroatoms. The second kappa shape index (κ2) is 5.72. The first-order valence-electron chi connectivity index (χ1n) is 5.38. The lowest BCUT2D eigenvalue weighted by Crippen LogP contribution is -2.54. The van der Waals surface area contributed by atoms with Crippen molar-refractivity contribution in [2.75, 3.05) is 18.1 Å². The number of primary amides is 1. The third kappa shape index (κ3) is 3.09. The van der Waals surface area contributed by atoms with Crippen LogP contribution in [0.15, 0.2) is 0 Å². The minimum Gasteiger partial charge on any atom is -0.396 e. The highest BCUT2D eigenvalue weighted by atomic mass is 32.2. The Labute approximate surface area is 94.8 Å². The number of hydrogen-bond donors (Lipinski definition) is 3. The van der Waals surface area contributed by atoms with Gasteiger partial charge in [-0.2, -0.15) is 11.8 Å². The van der Waals surface area contributed by atoms with Gasteiger partial charge in [0.25, 0.3) is 0 Å². The Balaban J connectivity index is 2.37. The molecule has 0 bridgehead atoms. The predicted molar refractivity (Wildman–Crippen MR) is 62.5 cm³/mol. The number of hydrogen-bond acceptors (Lipinski definition) is 4. The van der Waals surface area contributed by atoms with Gasteiger partial charge in [-0.3, -0.25) is 4.79 Å². The number of aliphatic hydroxyl groups excluding tert-OH is 1. The number of rotatable bonds is 6. The maximum absolute atomic E-state index is 11.3. The number of nitrogens with two attached hydrogens (primary N) is 2. The molecule has 1 aliphatic carbocycles. The van der Waals surface area contributed by atoms with Crippen molar-refractivity contribution in [2.24, 2.45) is 17.4 Å². The fraction of sp³-hybridized carbons (Fsp3) is 0.900. The fourth-order valence-electron chi connectivity index (χ4n) is 2.22. The van der Waals surface area contributed by atoms with Crippen LogP contribution in [-0.2, 0) is 4.79 Å². The molecule has 0 aromatic heterocycles. The molecule has 1 fully saturated rings. The van der Waals surface area contributed by atoms with Crippen LogP contribution < -0.4 is 11.5 Å². The number of amides is 1. The molecule has 15 heavy (non-hydrogen) atoms. The van der Waals surface area contributed by atoms with Gasteiger partial charge in [0.05, 0.1) is 12.1 Å². The van der Waals surface area contributed by atoms with E-state index < -0.39 is 5.54 Å². The number of carbonyl (C=O) groups excluding carboxylic acids is 1. The number of thioether (sulfide) groups is 1. The Morgan fingerprint density at radius 1 is 1.53 bits per heavy atom. The first kappa shape index (κ1) is 12.8. The maximum atomic E-state index is 11.3. The summed E-state index contributed by atoms with van der Waals surface area (Å²) in [5.74, 6) is 1.55. The van der Waals surface area contributed by atoms with Gasteiger partial charge in [0, 0.05) is 5.75 Å². The fourth-order valence-corrected chi connectivity index (χ4v) is 3.01. The van der Waals surface area contributed by atoms with Gasteiger partial charge in [0.1, 0.15) is 0 Å². The van der Waals surface area contributed by atoms with E-state index in [9.17, 15) is 4.79 Å². The normalized spacial score (nSPS) is 30.7. The van der Waals surface area contributed by atoms with E-state index in [1.807, 2.05) is 0 Å². The van der Waals surface area contributed by atoms with E-state index in [-0.39, 0.29) is 18.4 Å². The molecule has 2 atom stereocenters. The summed E-state index contributed by atoms with van der Waals surface area (Å²) in [6.07, 6.45) is 3.63. The largest absolute Gasteiger partial charge is 0.396 e. The Kier molecular flexibility index (Phi) is 4.89. The van der Waals surface area contributed by atoms with Gasteiger partial charge in [-0.1, -0.05) is 6.42 Å². The first-order valence-corrected chi connectivity index (χ1v) is 6.54. The lowest BCUT2D eigenvalue weighted by atomic mass is 9.85.